The molecule has 3 aliphatic rings. The molecule has 7 aromatic carbocycles. The Kier molecular flexibility index (Phi) is 24.7. The summed E-state index contributed by atoms with van der Waals surface area (Å²) in [5.74, 6) is -2.36. The predicted molar refractivity (Wildman–Crippen MR) is 350 cm³/mol. The summed E-state index contributed by atoms with van der Waals surface area (Å²) < 4.78 is 96.0. The third kappa shape index (κ3) is 18.0. The van der Waals surface area contributed by atoms with Crippen molar-refractivity contribution in [3.63, 3.8) is 0 Å². The van der Waals surface area contributed by atoms with Crippen LogP contribution in [0.3, 0.4) is 0 Å². The molecular formula is C75H86O18Si. The van der Waals surface area contributed by atoms with Gasteiger partial charge in [0.15, 0.2) is 37.2 Å². The number of carbonyl (C=O) groups excluding carboxylic acids is 3. The van der Waals surface area contributed by atoms with Crippen molar-refractivity contribution in [3.05, 3.63) is 240 Å². The van der Waals surface area contributed by atoms with Crippen molar-refractivity contribution < 1.29 is 85.5 Å². The molecule has 0 radical (unpaired) electrons. The summed E-state index contributed by atoms with van der Waals surface area (Å²) in [5.41, 5.74) is 4.24. The van der Waals surface area contributed by atoms with Crippen LogP contribution in [0.1, 0.15) is 76.3 Å². The van der Waals surface area contributed by atoms with E-state index in [2.05, 4.69) is 45.0 Å². The highest BCUT2D eigenvalue weighted by Crippen LogP contribution is 2.41. The van der Waals surface area contributed by atoms with Gasteiger partial charge in [-0.05, 0) is 50.2 Å². The average molecular weight is 1300 g/mol. The third-order valence-electron chi connectivity index (χ3n) is 16.8. The molecule has 0 amide bonds. The lowest BCUT2D eigenvalue weighted by Crippen LogP contribution is -2.70. The summed E-state index contributed by atoms with van der Waals surface area (Å²) in [7, 11) is -3.44. The van der Waals surface area contributed by atoms with E-state index in [0.29, 0.717) is 0 Å². The van der Waals surface area contributed by atoms with Gasteiger partial charge in [0.05, 0.1) is 52.4 Å². The molecule has 0 spiro atoms. The number of benzene rings is 7. The first kappa shape index (κ1) is 69.5. The zero-order chi connectivity index (χ0) is 66.0. The molecule has 7 aromatic rings. The monoisotopic (exact) mass is 1300 g/mol. The van der Waals surface area contributed by atoms with E-state index in [0.717, 1.165) is 38.2 Å². The van der Waals surface area contributed by atoms with Crippen molar-refractivity contribution in [1.29, 1.82) is 0 Å². The standard InChI is InChI=1S/C75H86O18Si/c1-50-63(81-44-55-31-17-9-18-32-55)66(82-45-56-33-19-10-20-34-56)70(84-47-58-37-23-12-24-38-58)73(86-50)92-65-62(49-85-94(75(5,6)7,59-39-25-13-26-40-59)60-41-27-14-28-42-60)90-72(79)69(83-46-57-35-21-11-22-36-57)67(65)93-74-71(89-53(4)78)68(88-52(3)77)64(87-51(2)76)61(91-74)48-80-43-54-29-15-8-16-30-54/h8-42,50,61-74,79H,43-49H2,1-7H3/t50-,61+,62+,63+,64-,65+,66+,67-,68-,69+,70-,71-,72+,73-,74-/m0/s1. The quantitative estimate of drug-likeness (QED) is 0.0276. The molecular weight excluding hydrogens is 1220 g/mol. The van der Waals surface area contributed by atoms with E-state index < -0.39 is 123 Å². The van der Waals surface area contributed by atoms with Gasteiger partial charge >= 0.3 is 17.9 Å². The molecule has 18 nitrogen and oxygen atoms in total. The molecule has 3 fully saturated rings. The van der Waals surface area contributed by atoms with Gasteiger partial charge in [0, 0.05) is 20.8 Å². The van der Waals surface area contributed by atoms with Crippen LogP contribution in [-0.2, 0) is 113 Å². The van der Waals surface area contributed by atoms with Gasteiger partial charge in [0.1, 0.15) is 48.8 Å². The fourth-order valence-electron chi connectivity index (χ4n) is 12.5. The van der Waals surface area contributed by atoms with Crippen LogP contribution in [0.15, 0.2) is 212 Å². The Morgan fingerprint density at radius 3 is 1.20 bits per heavy atom. The van der Waals surface area contributed by atoms with Crippen molar-refractivity contribution in [1.82, 2.24) is 0 Å². The van der Waals surface area contributed by atoms with Crippen molar-refractivity contribution in [3.8, 4) is 0 Å². The van der Waals surface area contributed by atoms with Crippen LogP contribution in [0.4, 0.5) is 0 Å². The summed E-state index contributed by atoms with van der Waals surface area (Å²) in [5, 5.41) is 14.3. The maximum absolute atomic E-state index is 13.5. The maximum atomic E-state index is 13.5. The second kappa shape index (κ2) is 33.4. The Bertz CT molecular complexity index is 3370. The fraction of sp³-hybridized carbons (Fsp3) is 0.400. The van der Waals surface area contributed by atoms with Crippen molar-refractivity contribution in [2.75, 3.05) is 13.2 Å². The van der Waals surface area contributed by atoms with Gasteiger partial charge in [0.2, 0.25) is 0 Å². The molecule has 3 heterocycles. The Morgan fingerprint density at radius 2 is 0.755 bits per heavy atom. The van der Waals surface area contributed by atoms with Gasteiger partial charge < -0.3 is 71.1 Å². The van der Waals surface area contributed by atoms with E-state index in [1.54, 1.807) is 0 Å². The van der Waals surface area contributed by atoms with Gasteiger partial charge in [0.25, 0.3) is 8.32 Å². The average Bonchev–Trinajstić information content (AvgIpc) is 0.739. The molecule has 15 atom stereocenters. The Labute approximate surface area is 551 Å². The number of esters is 3. The summed E-state index contributed by atoms with van der Waals surface area (Å²) in [6.07, 6.45) is -19.8. The number of ether oxygens (including phenoxy) is 13. The number of rotatable bonds is 28. The lowest BCUT2D eigenvalue weighted by molar-refractivity contribution is -0.390. The minimum atomic E-state index is -3.44. The van der Waals surface area contributed by atoms with E-state index in [9.17, 15) is 19.5 Å². The van der Waals surface area contributed by atoms with E-state index in [1.807, 2.05) is 195 Å². The molecule has 0 aliphatic carbocycles. The van der Waals surface area contributed by atoms with Gasteiger partial charge in [-0.3, -0.25) is 14.4 Å². The van der Waals surface area contributed by atoms with Crippen LogP contribution in [-0.4, -0.2) is 137 Å². The van der Waals surface area contributed by atoms with E-state index in [1.165, 1.54) is 20.8 Å². The summed E-state index contributed by atoms with van der Waals surface area (Å²) >= 11 is 0. The smallest absolute Gasteiger partial charge is 0.303 e. The highest BCUT2D eigenvalue weighted by molar-refractivity contribution is 6.99. The van der Waals surface area contributed by atoms with Crippen LogP contribution >= 0.6 is 0 Å². The van der Waals surface area contributed by atoms with Crippen LogP contribution in [0, 0.1) is 0 Å². The second-order valence-corrected chi connectivity index (χ2v) is 29.1. The highest BCUT2D eigenvalue weighted by Gasteiger charge is 2.59. The predicted octanol–water partition coefficient (Wildman–Crippen LogP) is 9.87. The molecule has 19 heteroatoms. The van der Waals surface area contributed by atoms with Gasteiger partial charge in [-0.15, -0.1) is 0 Å². The Morgan fingerprint density at radius 1 is 0.394 bits per heavy atom. The van der Waals surface area contributed by atoms with E-state index >= 15 is 0 Å². The van der Waals surface area contributed by atoms with Gasteiger partial charge in [-0.25, -0.2) is 0 Å². The Hall–Kier alpha value is -7.31. The van der Waals surface area contributed by atoms with E-state index in [-0.39, 0.29) is 46.2 Å². The largest absolute Gasteiger partial charge is 0.456 e. The molecule has 94 heavy (non-hydrogen) atoms. The second-order valence-electron chi connectivity index (χ2n) is 24.8. The minimum absolute atomic E-state index is 0.0726. The van der Waals surface area contributed by atoms with Crippen molar-refractivity contribution >= 4 is 36.6 Å². The molecule has 498 valence electrons. The number of aliphatic hydroxyl groups excluding tert-OH is 1. The summed E-state index contributed by atoms with van der Waals surface area (Å²) in [6.45, 7) is 11.9. The lowest BCUT2D eigenvalue weighted by Gasteiger charge is -2.51. The third-order valence-corrected chi connectivity index (χ3v) is 21.8. The first-order chi connectivity index (χ1) is 45.5. The first-order valence-electron chi connectivity index (χ1n) is 32.0. The zero-order valence-corrected chi connectivity index (χ0v) is 55.2. The normalized spacial score (nSPS) is 26.4. The molecule has 0 saturated carbocycles. The van der Waals surface area contributed by atoms with E-state index in [4.69, 9.17) is 66.0 Å². The van der Waals surface area contributed by atoms with Crippen LogP contribution < -0.4 is 10.4 Å². The molecule has 3 aliphatic heterocycles. The molecule has 0 unspecified atom stereocenters. The lowest BCUT2D eigenvalue weighted by atomic mass is 9.95. The Balaban J connectivity index is 1.13. The topological polar surface area (TPSA) is 201 Å². The summed E-state index contributed by atoms with van der Waals surface area (Å²) in [4.78, 5) is 40.1. The number of aliphatic hydroxyl groups is 1. The number of hydrogen-bond acceptors (Lipinski definition) is 18. The molecule has 3 saturated heterocycles. The van der Waals surface area contributed by atoms with Crippen LogP contribution in [0.2, 0.25) is 5.04 Å². The van der Waals surface area contributed by atoms with Crippen LogP contribution in [0.25, 0.3) is 0 Å². The summed E-state index contributed by atoms with van der Waals surface area (Å²) in [6, 6.07) is 68.2. The fourth-order valence-corrected chi connectivity index (χ4v) is 17.1. The molecule has 1 N–H and O–H groups in total. The van der Waals surface area contributed by atoms with Gasteiger partial charge in [-0.1, -0.05) is 233 Å². The highest BCUT2D eigenvalue weighted by atomic mass is 28.4. The molecule has 0 bridgehead atoms. The van der Waals surface area contributed by atoms with Crippen LogP contribution in [0.5, 0.6) is 0 Å². The number of carbonyl (C=O) groups is 3. The molecule has 0 aromatic heterocycles. The van der Waals surface area contributed by atoms with Crippen molar-refractivity contribution in [2.24, 2.45) is 0 Å². The zero-order valence-electron chi connectivity index (χ0n) is 54.2. The number of hydrogen-bond donors (Lipinski definition) is 1. The van der Waals surface area contributed by atoms with Crippen molar-refractivity contribution in [2.45, 2.75) is 179 Å². The first-order valence-corrected chi connectivity index (χ1v) is 33.9. The molecule has 10 rings (SSSR count). The van der Waals surface area contributed by atoms with Gasteiger partial charge in [-0.2, -0.15) is 0 Å². The minimum Gasteiger partial charge on any atom is -0.456 e. The maximum Gasteiger partial charge on any atom is 0.303 e. The SMILES string of the molecule is CC(=O)O[C@@H]1[C@H](OC(C)=O)[C@H](O[C@@H]2[C@@H](OCc3ccccc3)[C@H](O)O[C@H](CO[Si](c3ccccc3)(c3ccccc3)C(C)(C)C)[C@H]2O[C@@H]2O[C@@H](C)[C@@H](OCc3ccccc3)[C@@H](OCc3ccccc3)[C@@H]2OCc2ccccc2)O[C@H](COCc2ccccc2)[C@@H]1OC(C)=O.